The highest BCUT2D eigenvalue weighted by Crippen LogP contribution is 2.23. The van der Waals surface area contributed by atoms with Crippen molar-refractivity contribution < 1.29 is 4.79 Å². The van der Waals surface area contributed by atoms with Crippen molar-refractivity contribution in [3.05, 3.63) is 75.3 Å². The molecule has 1 atom stereocenters. The number of nitrogens with one attached hydrogen (secondary N) is 1. The van der Waals surface area contributed by atoms with E-state index < -0.39 is 11.7 Å². The lowest BCUT2D eigenvalue weighted by molar-refractivity contribution is -0.119. The summed E-state index contributed by atoms with van der Waals surface area (Å²) in [4.78, 5) is 29.3. The van der Waals surface area contributed by atoms with Crippen molar-refractivity contribution in [2.24, 2.45) is 0 Å². The third kappa shape index (κ3) is 4.01. The van der Waals surface area contributed by atoms with Crippen LogP contribution in [-0.4, -0.2) is 20.7 Å². The lowest BCUT2D eigenvalue weighted by Gasteiger charge is -2.17. The standard InChI is InChI=1S/C22H24N4O2/c1-13-6-8-18(9-7-13)19-12-23-26(22(28)24-19)17(5)21(27)25-20-15(3)10-14(2)11-16(20)4/h6-12,17H,1-5H3,(H,25,27)/t17-/m1/s1. The van der Waals surface area contributed by atoms with Gasteiger partial charge in [0.15, 0.2) is 0 Å². The number of rotatable bonds is 4. The third-order valence-electron chi connectivity index (χ3n) is 4.74. The Morgan fingerprint density at radius 2 is 1.61 bits per heavy atom. The fourth-order valence-corrected chi connectivity index (χ4v) is 3.19. The molecule has 0 saturated carbocycles. The minimum Gasteiger partial charge on any atom is -0.324 e. The number of benzene rings is 2. The fourth-order valence-electron chi connectivity index (χ4n) is 3.19. The van der Waals surface area contributed by atoms with Gasteiger partial charge in [0, 0.05) is 11.3 Å². The summed E-state index contributed by atoms with van der Waals surface area (Å²) in [5.41, 5.74) is 5.71. The number of aryl methyl sites for hydroxylation is 4. The second-order valence-corrected chi connectivity index (χ2v) is 7.17. The molecule has 0 bridgehead atoms. The number of hydrogen-bond acceptors (Lipinski definition) is 4. The molecule has 6 nitrogen and oxygen atoms in total. The zero-order chi connectivity index (χ0) is 20.4. The number of hydrogen-bond donors (Lipinski definition) is 1. The van der Waals surface area contributed by atoms with Gasteiger partial charge in [0.05, 0.1) is 11.9 Å². The van der Waals surface area contributed by atoms with Gasteiger partial charge >= 0.3 is 5.69 Å². The molecule has 1 N–H and O–H groups in total. The summed E-state index contributed by atoms with van der Waals surface area (Å²) in [5.74, 6) is -0.311. The van der Waals surface area contributed by atoms with E-state index in [0.717, 1.165) is 38.2 Å². The van der Waals surface area contributed by atoms with Crippen molar-refractivity contribution in [1.82, 2.24) is 14.8 Å². The van der Waals surface area contributed by atoms with E-state index in [-0.39, 0.29) is 5.91 Å². The van der Waals surface area contributed by atoms with Crippen LogP contribution >= 0.6 is 0 Å². The molecule has 6 heteroatoms. The molecular formula is C22H24N4O2. The van der Waals surface area contributed by atoms with Gasteiger partial charge < -0.3 is 5.32 Å². The smallest absolute Gasteiger partial charge is 0.324 e. The molecule has 1 aromatic heterocycles. The van der Waals surface area contributed by atoms with Crippen molar-refractivity contribution in [2.45, 2.75) is 40.7 Å². The molecule has 0 saturated heterocycles. The van der Waals surface area contributed by atoms with Gasteiger partial charge in [-0.05, 0) is 45.7 Å². The van der Waals surface area contributed by atoms with E-state index in [4.69, 9.17) is 0 Å². The van der Waals surface area contributed by atoms with Crippen molar-refractivity contribution in [1.29, 1.82) is 0 Å². The largest absolute Gasteiger partial charge is 0.365 e. The van der Waals surface area contributed by atoms with E-state index in [9.17, 15) is 9.59 Å². The van der Waals surface area contributed by atoms with Gasteiger partial charge in [-0.2, -0.15) is 10.1 Å². The maximum Gasteiger partial charge on any atom is 0.365 e. The van der Waals surface area contributed by atoms with Gasteiger partial charge in [-0.25, -0.2) is 9.48 Å². The Kier molecular flexibility index (Phi) is 5.40. The van der Waals surface area contributed by atoms with Gasteiger partial charge in [-0.3, -0.25) is 4.79 Å². The highest BCUT2D eigenvalue weighted by molar-refractivity contribution is 5.94. The van der Waals surface area contributed by atoms with Crippen LogP contribution in [0.25, 0.3) is 11.3 Å². The molecule has 0 unspecified atom stereocenters. The first-order chi connectivity index (χ1) is 13.3. The first kappa shape index (κ1) is 19.5. The number of nitrogens with zero attached hydrogens (tertiary/aromatic N) is 3. The Balaban J connectivity index is 1.84. The van der Waals surface area contributed by atoms with Crippen LogP contribution in [0.3, 0.4) is 0 Å². The molecule has 3 rings (SSSR count). The SMILES string of the molecule is Cc1ccc(-c2cnn([C@H](C)C(=O)Nc3c(C)cc(C)cc3C)c(=O)n2)cc1. The molecule has 0 aliphatic heterocycles. The van der Waals surface area contributed by atoms with Crippen molar-refractivity contribution in [2.75, 3.05) is 5.32 Å². The van der Waals surface area contributed by atoms with Crippen LogP contribution < -0.4 is 11.0 Å². The Bertz CT molecular complexity index is 1060. The van der Waals surface area contributed by atoms with E-state index in [1.165, 1.54) is 6.20 Å². The Morgan fingerprint density at radius 3 is 2.18 bits per heavy atom. The van der Waals surface area contributed by atoms with Gasteiger partial charge in [0.2, 0.25) is 5.91 Å². The molecule has 28 heavy (non-hydrogen) atoms. The summed E-state index contributed by atoms with van der Waals surface area (Å²) >= 11 is 0. The van der Waals surface area contributed by atoms with Crippen molar-refractivity contribution in [3.8, 4) is 11.3 Å². The van der Waals surface area contributed by atoms with Crippen LogP contribution in [0.4, 0.5) is 5.69 Å². The summed E-state index contributed by atoms with van der Waals surface area (Å²) in [6.07, 6.45) is 1.51. The fraction of sp³-hybridized carbons (Fsp3) is 0.273. The average molecular weight is 376 g/mol. The number of carbonyl (C=O) groups is 1. The van der Waals surface area contributed by atoms with Crippen LogP contribution in [-0.2, 0) is 4.79 Å². The Morgan fingerprint density at radius 1 is 1.00 bits per heavy atom. The number of amides is 1. The molecule has 0 spiro atoms. The molecule has 0 radical (unpaired) electrons. The number of carbonyl (C=O) groups excluding carboxylic acids is 1. The topological polar surface area (TPSA) is 76.9 Å². The Hall–Kier alpha value is -3.28. The van der Waals surface area contributed by atoms with Gasteiger partial charge in [-0.15, -0.1) is 0 Å². The predicted molar refractivity (Wildman–Crippen MR) is 110 cm³/mol. The predicted octanol–water partition coefficient (Wildman–Crippen LogP) is 3.74. The summed E-state index contributed by atoms with van der Waals surface area (Å²) in [6, 6.07) is 10.9. The highest BCUT2D eigenvalue weighted by atomic mass is 16.2. The second kappa shape index (κ2) is 7.76. The molecule has 2 aromatic carbocycles. The van der Waals surface area contributed by atoms with E-state index in [1.807, 2.05) is 64.1 Å². The van der Waals surface area contributed by atoms with Crippen molar-refractivity contribution in [3.63, 3.8) is 0 Å². The van der Waals surface area contributed by atoms with Crippen LogP contribution in [0.2, 0.25) is 0 Å². The number of anilines is 1. The molecule has 1 amide bonds. The lowest BCUT2D eigenvalue weighted by Crippen LogP contribution is -2.35. The normalized spacial score (nSPS) is 11.9. The maximum atomic E-state index is 12.7. The molecule has 0 aliphatic carbocycles. The van der Waals surface area contributed by atoms with E-state index in [0.29, 0.717) is 5.69 Å². The van der Waals surface area contributed by atoms with Crippen molar-refractivity contribution >= 4 is 11.6 Å². The molecule has 0 aliphatic rings. The van der Waals surface area contributed by atoms with Gasteiger partial charge in [-0.1, -0.05) is 47.5 Å². The zero-order valence-corrected chi connectivity index (χ0v) is 16.8. The lowest BCUT2D eigenvalue weighted by atomic mass is 10.0. The molecular weight excluding hydrogens is 352 g/mol. The average Bonchev–Trinajstić information content (AvgIpc) is 2.64. The monoisotopic (exact) mass is 376 g/mol. The Labute approximate surface area is 164 Å². The summed E-state index contributed by atoms with van der Waals surface area (Å²) in [5, 5.41) is 7.10. The summed E-state index contributed by atoms with van der Waals surface area (Å²) in [6.45, 7) is 9.53. The second-order valence-electron chi connectivity index (χ2n) is 7.17. The van der Waals surface area contributed by atoms with E-state index >= 15 is 0 Å². The van der Waals surface area contributed by atoms with Gasteiger partial charge in [0.1, 0.15) is 6.04 Å². The molecule has 3 aromatic rings. The number of aromatic nitrogens is 3. The highest BCUT2D eigenvalue weighted by Gasteiger charge is 2.20. The van der Waals surface area contributed by atoms with E-state index in [1.54, 1.807) is 6.92 Å². The van der Waals surface area contributed by atoms with Crippen LogP contribution in [0.1, 0.15) is 35.2 Å². The van der Waals surface area contributed by atoms with Crippen LogP contribution in [0.15, 0.2) is 47.4 Å². The maximum absolute atomic E-state index is 12.7. The first-order valence-electron chi connectivity index (χ1n) is 9.18. The van der Waals surface area contributed by atoms with Gasteiger partial charge in [0.25, 0.3) is 0 Å². The minimum atomic E-state index is -0.785. The minimum absolute atomic E-state index is 0.311. The molecule has 144 valence electrons. The quantitative estimate of drug-likeness (QED) is 0.752. The van der Waals surface area contributed by atoms with Crippen LogP contribution in [0, 0.1) is 27.7 Å². The third-order valence-corrected chi connectivity index (χ3v) is 4.74. The molecule has 1 heterocycles. The van der Waals surface area contributed by atoms with E-state index in [2.05, 4.69) is 15.4 Å². The zero-order valence-electron chi connectivity index (χ0n) is 16.8. The first-order valence-corrected chi connectivity index (χ1v) is 9.18. The summed E-state index contributed by atoms with van der Waals surface area (Å²) in [7, 11) is 0. The summed E-state index contributed by atoms with van der Waals surface area (Å²) < 4.78 is 1.10. The van der Waals surface area contributed by atoms with Crippen LogP contribution in [0.5, 0.6) is 0 Å². The molecule has 0 fully saturated rings.